The Kier molecular flexibility index (Phi) is 6.07. The van der Waals surface area contributed by atoms with Crippen LogP contribution in [0.5, 0.6) is 0 Å². The molecule has 2 heteroatoms. The topological polar surface area (TPSA) is 0 Å². The van der Waals surface area contributed by atoms with Crippen molar-refractivity contribution in [3.8, 4) is 0 Å². The van der Waals surface area contributed by atoms with E-state index in [4.69, 9.17) is 11.6 Å². The molecule has 146 valence electrons. The number of rotatable bonds is 5. The fourth-order valence-electron chi connectivity index (χ4n) is 5.78. The van der Waals surface area contributed by atoms with Gasteiger partial charge in [-0.05, 0) is 84.9 Å². The van der Waals surface area contributed by atoms with E-state index in [0.717, 1.165) is 23.1 Å². The molecular formula is C25H32ClF. The molecule has 27 heavy (non-hydrogen) atoms. The Hall–Kier alpha value is -1.08. The van der Waals surface area contributed by atoms with E-state index in [2.05, 4.69) is 13.0 Å². The summed E-state index contributed by atoms with van der Waals surface area (Å²) in [6.45, 7) is 2.29. The summed E-state index contributed by atoms with van der Waals surface area (Å²) in [7, 11) is 0. The average molecular weight is 387 g/mol. The minimum absolute atomic E-state index is 0.119. The molecule has 4 rings (SSSR count). The first-order chi connectivity index (χ1) is 13.1. The Bertz CT molecular complexity index is 783. The molecule has 0 bridgehead atoms. The summed E-state index contributed by atoms with van der Waals surface area (Å²) in [5, 5.41) is 2.23. The Morgan fingerprint density at radius 2 is 1.78 bits per heavy atom. The van der Waals surface area contributed by atoms with Gasteiger partial charge in [0.1, 0.15) is 5.82 Å². The quantitative estimate of drug-likeness (QED) is 0.451. The second-order valence-corrected chi connectivity index (χ2v) is 9.51. The van der Waals surface area contributed by atoms with E-state index >= 15 is 0 Å². The standard InChI is InChI=1S/C25H32ClF/c1-2-3-4-5-17-6-7-19-13-20(9-8-18(19)12-17)22-14-21-10-11-23(26)16-24(21)25(27)15-22/h10-11,14-20H,2-9,12-13H2,1H3. The highest BCUT2D eigenvalue weighted by atomic mass is 35.5. The maximum Gasteiger partial charge on any atom is 0.131 e. The lowest BCUT2D eigenvalue weighted by Crippen LogP contribution is -2.30. The monoisotopic (exact) mass is 386 g/mol. The summed E-state index contributed by atoms with van der Waals surface area (Å²) in [5.74, 6) is 3.15. The van der Waals surface area contributed by atoms with E-state index in [1.54, 1.807) is 12.1 Å². The van der Waals surface area contributed by atoms with Crippen LogP contribution in [0.4, 0.5) is 4.39 Å². The molecule has 2 fully saturated rings. The summed E-state index contributed by atoms with van der Waals surface area (Å²) in [6, 6.07) is 9.55. The first kappa shape index (κ1) is 19.2. The van der Waals surface area contributed by atoms with Gasteiger partial charge in [-0.15, -0.1) is 0 Å². The van der Waals surface area contributed by atoms with E-state index in [-0.39, 0.29) is 5.82 Å². The van der Waals surface area contributed by atoms with Gasteiger partial charge in [-0.2, -0.15) is 0 Å². The Morgan fingerprint density at radius 3 is 2.63 bits per heavy atom. The van der Waals surface area contributed by atoms with Gasteiger partial charge in [0.2, 0.25) is 0 Å². The maximum absolute atomic E-state index is 14.7. The molecular weight excluding hydrogens is 355 g/mol. The van der Waals surface area contributed by atoms with Crippen LogP contribution in [0.3, 0.4) is 0 Å². The molecule has 0 heterocycles. The van der Waals surface area contributed by atoms with E-state index in [1.165, 1.54) is 69.8 Å². The van der Waals surface area contributed by atoms with Gasteiger partial charge in [0, 0.05) is 10.4 Å². The first-order valence-electron chi connectivity index (χ1n) is 11.0. The highest BCUT2D eigenvalue weighted by Crippen LogP contribution is 2.48. The lowest BCUT2D eigenvalue weighted by molar-refractivity contribution is 0.113. The van der Waals surface area contributed by atoms with Gasteiger partial charge in [0.25, 0.3) is 0 Å². The zero-order valence-electron chi connectivity index (χ0n) is 16.5. The normalized spacial score (nSPS) is 28.3. The third-order valence-electron chi connectivity index (χ3n) is 7.30. The van der Waals surface area contributed by atoms with Gasteiger partial charge in [-0.25, -0.2) is 4.39 Å². The van der Waals surface area contributed by atoms with Crippen molar-refractivity contribution >= 4 is 22.4 Å². The molecule has 0 radical (unpaired) electrons. The molecule has 4 atom stereocenters. The molecule has 0 spiro atoms. The minimum Gasteiger partial charge on any atom is -0.206 e. The fourth-order valence-corrected chi connectivity index (χ4v) is 5.95. The first-order valence-corrected chi connectivity index (χ1v) is 11.4. The van der Waals surface area contributed by atoms with Gasteiger partial charge in [0.05, 0.1) is 0 Å². The second kappa shape index (κ2) is 8.52. The maximum atomic E-state index is 14.7. The second-order valence-electron chi connectivity index (χ2n) is 9.07. The van der Waals surface area contributed by atoms with Crippen molar-refractivity contribution in [3.05, 3.63) is 46.7 Å². The summed E-state index contributed by atoms with van der Waals surface area (Å²) in [5.41, 5.74) is 1.20. The number of halogens is 2. The molecule has 2 aromatic rings. The van der Waals surface area contributed by atoms with Crippen LogP contribution >= 0.6 is 11.6 Å². The molecule has 2 aromatic carbocycles. The minimum atomic E-state index is -0.119. The van der Waals surface area contributed by atoms with Crippen LogP contribution in [0.2, 0.25) is 5.02 Å². The van der Waals surface area contributed by atoms with Crippen LogP contribution in [0.1, 0.15) is 82.6 Å². The number of unbranched alkanes of at least 4 members (excludes halogenated alkanes) is 2. The SMILES string of the molecule is CCCCCC1CCC2CC(c3cc(F)c4cc(Cl)ccc4c3)CCC2C1. The smallest absolute Gasteiger partial charge is 0.131 e. The molecule has 0 amide bonds. The highest BCUT2D eigenvalue weighted by Gasteiger charge is 2.35. The Labute approximate surface area is 168 Å². The van der Waals surface area contributed by atoms with E-state index in [1.807, 2.05) is 12.1 Å². The van der Waals surface area contributed by atoms with Gasteiger partial charge >= 0.3 is 0 Å². The lowest BCUT2D eigenvalue weighted by Gasteiger charge is -2.42. The molecule has 4 unspecified atom stereocenters. The number of hydrogen-bond acceptors (Lipinski definition) is 0. The predicted octanol–water partition coefficient (Wildman–Crippen LogP) is 8.51. The number of hydrogen-bond donors (Lipinski definition) is 0. The Balaban J connectivity index is 1.43. The van der Waals surface area contributed by atoms with Gasteiger partial charge in [-0.3, -0.25) is 0 Å². The molecule has 0 N–H and O–H groups in total. The van der Waals surface area contributed by atoms with E-state index in [0.29, 0.717) is 16.3 Å². The Morgan fingerprint density at radius 1 is 0.963 bits per heavy atom. The van der Waals surface area contributed by atoms with Crippen LogP contribution < -0.4 is 0 Å². The molecule has 0 aromatic heterocycles. The third-order valence-corrected chi connectivity index (χ3v) is 7.53. The van der Waals surface area contributed by atoms with Gasteiger partial charge < -0.3 is 0 Å². The fraction of sp³-hybridized carbons (Fsp3) is 0.600. The van der Waals surface area contributed by atoms with Crippen LogP contribution in [0.25, 0.3) is 10.8 Å². The molecule has 0 aliphatic heterocycles. The summed E-state index contributed by atoms with van der Waals surface area (Å²) in [6.07, 6.45) is 13.7. The molecule has 2 aliphatic carbocycles. The van der Waals surface area contributed by atoms with Crippen LogP contribution in [0.15, 0.2) is 30.3 Å². The van der Waals surface area contributed by atoms with Crippen molar-refractivity contribution in [1.82, 2.24) is 0 Å². The third kappa shape index (κ3) is 4.34. The van der Waals surface area contributed by atoms with E-state index < -0.39 is 0 Å². The predicted molar refractivity (Wildman–Crippen MR) is 114 cm³/mol. The van der Waals surface area contributed by atoms with Crippen molar-refractivity contribution in [2.45, 2.75) is 77.0 Å². The molecule has 0 nitrogen and oxygen atoms in total. The highest BCUT2D eigenvalue weighted by molar-refractivity contribution is 6.31. The van der Waals surface area contributed by atoms with Crippen molar-refractivity contribution in [2.75, 3.05) is 0 Å². The number of benzene rings is 2. The van der Waals surface area contributed by atoms with Crippen molar-refractivity contribution in [1.29, 1.82) is 0 Å². The summed E-state index contributed by atoms with van der Waals surface area (Å²) < 4.78 is 14.7. The molecule has 2 aliphatic rings. The summed E-state index contributed by atoms with van der Waals surface area (Å²) >= 11 is 6.04. The summed E-state index contributed by atoms with van der Waals surface area (Å²) in [4.78, 5) is 0. The van der Waals surface area contributed by atoms with Crippen LogP contribution in [0, 0.1) is 23.6 Å². The molecule has 2 saturated carbocycles. The van der Waals surface area contributed by atoms with Crippen molar-refractivity contribution < 1.29 is 4.39 Å². The van der Waals surface area contributed by atoms with Crippen molar-refractivity contribution in [3.63, 3.8) is 0 Å². The number of fused-ring (bicyclic) bond motifs is 2. The van der Waals surface area contributed by atoms with E-state index in [9.17, 15) is 4.39 Å². The molecule has 0 saturated heterocycles. The average Bonchev–Trinajstić information content (AvgIpc) is 2.68. The van der Waals surface area contributed by atoms with Gasteiger partial charge in [0.15, 0.2) is 0 Å². The zero-order chi connectivity index (χ0) is 18.8. The van der Waals surface area contributed by atoms with Gasteiger partial charge in [-0.1, -0.05) is 62.8 Å². The lowest BCUT2D eigenvalue weighted by atomic mass is 9.63. The zero-order valence-corrected chi connectivity index (χ0v) is 17.3. The van der Waals surface area contributed by atoms with Crippen LogP contribution in [-0.2, 0) is 0 Å². The van der Waals surface area contributed by atoms with Crippen LogP contribution in [-0.4, -0.2) is 0 Å². The van der Waals surface area contributed by atoms with Crippen molar-refractivity contribution in [2.24, 2.45) is 17.8 Å². The largest absolute Gasteiger partial charge is 0.206 e.